The first-order chi connectivity index (χ1) is 5.66. The fourth-order valence-corrected chi connectivity index (χ4v) is 1.22. The van der Waals surface area contributed by atoms with Crippen LogP contribution in [0.2, 0.25) is 0 Å². The number of nitrogens with one attached hydrogen (secondary N) is 1. The van der Waals surface area contributed by atoms with Gasteiger partial charge in [-0.05, 0) is 6.42 Å². The third-order valence-corrected chi connectivity index (χ3v) is 1.94. The summed E-state index contributed by atoms with van der Waals surface area (Å²) in [5, 5.41) is 2.66. The van der Waals surface area contributed by atoms with Gasteiger partial charge in [-0.1, -0.05) is 13.8 Å². The van der Waals surface area contributed by atoms with Gasteiger partial charge in [-0.15, -0.1) is 0 Å². The Hall–Kier alpha value is -1.06. The average molecular weight is 170 g/mol. The highest BCUT2D eigenvalue weighted by Gasteiger charge is 2.30. The van der Waals surface area contributed by atoms with Crippen LogP contribution in [0.15, 0.2) is 0 Å². The summed E-state index contributed by atoms with van der Waals surface area (Å²) >= 11 is 0. The van der Waals surface area contributed by atoms with Crippen molar-refractivity contribution in [1.29, 1.82) is 0 Å². The second kappa shape index (κ2) is 3.56. The van der Waals surface area contributed by atoms with Crippen molar-refractivity contribution < 1.29 is 9.59 Å². The SMILES string of the molecule is CCCN1C(=O)NCC(C)C1=O. The molecule has 0 aliphatic carbocycles. The van der Waals surface area contributed by atoms with Crippen molar-refractivity contribution in [3.63, 3.8) is 0 Å². The van der Waals surface area contributed by atoms with E-state index in [4.69, 9.17) is 0 Å². The summed E-state index contributed by atoms with van der Waals surface area (Å²) in [5.74, 6) is -0.130. The first-order valence-electron chi connectivity index (χ1n) is 4.26. The zero-order chi connectivity index (χ0) is 9.14. The van der Waals surface area contributed by atoms with Crippen LogP contribution in [0.5, 0.6) is 0 Å². The molecular formula is C8H14N2O2. The van der Waals surface area contributed by atoms with Gasteiger partial charge in [0.2, 0.25) is 5.91 Å². The number of amides is 3. The van der Waals surface area contributed by atoms with Gasteiger partial charge >= 0.3 is 6.03 Å². The van der Waals surface area contributed by atoms with Crippen molar-refractivity contribution in [3.05, 3.63) is 0 Å². The zero-order valence-electron chi connectivity index (χ0n) is 7.46. The molecule has 68 valence electrons. The van der Waals surface area contributed by atoms with E-state index >= 15 is 0 Å². The van der Waals surface area contributed by atoms with Gasteiger partial charge in [0, 0.05) is 13.1 Å². The molecule has 1 N–H and O–H groups in total. The fraction of sp³-hybridized carbons (Fsp3) is 0.750. The van der Waals surface area contributed by atoms with E-state index in [0.29, 0.717) is 13.1 Å². The maximum Gasteiger partial charge on any atom is 0.324 e. The van der Waals surface area contributed by atoms with Crippen molar-refractivity contribution in [2.24, 2.45) is 5.92 Å². The molecule has 0 spiro atoms. The van der Waals surface area contributed by atoms with E-state index in [0.717, 1.165) is 6.42 Å². The lowest BCUT2D eigenvalue weighted by molar-refractivity contribution is -0.133. The molecule has 1 saturated heterocycles. The molecular weight excluding hydrogens is 156 g/mol. The lowest BCUT2D eigenvalue weighted by Crippen LogP contribution is -2.54. The standard InChI is InChI=1S/C8H14N2O2/c1-3-4-10-7(11)6(2)5-9-8(10)12/h6H,3-5H2,1-2H3,(H,9,12). The van der Waals surface area contributed by atoms with Crippen LogP contribution in [-0.4, -0.2) is 29.9 Å². The molecule has 0 aromatic heterocycles. The number of urea groups is 1. The van der Waals surface area contributed by atoms with Crippen molar-refractivity contribution in [1.82, 2.24) is 10.2 Å². The van der Waals surface area contributed by atoms with Gasteiger partial charge in [0.15, 0.2) is 0 Å². The largest absolute Gasteiger partial charge is 0.337 e. The summed E-state index contributed by atoms with van der Waals surface area (Å²) < 4.78 is 0. The predicted octanol–water partition coefficient (Wildman–Crippen LogP) is 0.584. The second-order valence-electron chi connectivity index (χ2n) is 3.08. The molecule has 1 unspecified atom stereocenters. The molecule has 0 saturated carbocycles. The number of carbonyl (C=O) groups excluding carboxylic acids is 2. The third-order valence-electron chi connectivity index (χ3n) is 1.94. The van der Waals surface area contributed by atoms with Gasteiger partial charge in [-0.25, -0.2) is 4.79 Å². The molecule has 1 aliphatic heterocycles. The lowest BCUT2D eigenvalue weighted by atomic mass is 10.1. The van der Waals surface area contributed by atoms with Gasteiger partial charge < -0.3 is 5.32 Å². The Morgan fingerprint density at radius 1 is 1.58 bits per heavy atom. The molecule has 1 heterocycles. The molecule has 4 heteroatoms. The van der Waals surface area contributed by atoms with E-state index < -0.39 is 0 Å². The van der Waals surface area contributed by atoms with Crippen LogP contribution in [0.1, 0.15) is 20.3 Å². The molecule has 0 aromatic carbocycles. The van der Waals surface area contributed by atoms with Gasteiger partial charge in [-0.2, -0.15) is 0 Å². The van der Waals surface area contributed by atoms with Gasteiger partial charge in [0.1, 0.15) is 0 Å². The number of rotatable bonds is 2. The minimum Gasteiger partial charge on any atom is -0.337 e. The average Bonchev–Trinajstić information content (AvgIpc) is 2.06. The zero-order valence-corrected chi connectivity index (χ0v) is 7.46. The lowest BCUT2D eigenvalue weighted by Gasteiger charge is -2.29. The van der Waals surface area contributed by atoms with Crippen molar-refractivity contribution in [3.8, 4) is 0 Å². The second-order valence-corrected chi connectivity index (χ2v) is 3.08. The number of imide groups is 1. The summed E-state index contributed by atoms with van der Waals surface area (Å²) in [5.41, 5.74) is 0. The molecule has 0 aromatic rings. The Morgan fingerprint density at radius 3 is 2.83 bits per heavy atom. The van der Waals surface area contributed by atoms with Gasteiger partial charge in [0.05, 0.1) is 5.92 Å². The molecule has 4 nitrogen and oxygen atoms in total. The van der Waals surface area contributed by atoms with Crippen LogP contribution in [0.4, 0.5) is 4.79 Å². The van der Waals surface area contributed by atoms with Crippen LogP contribution in [0.25, 0.3) is 0 Å². The smallest absolute Gasteiger partial charge is 0.324 e. The van der Waals surface area contributed by atoms with Crippen LogP contribution >= 0.6 is 0 Å². The number of hydrogen-bond donors (Lipinski definition) is 1. The molecule has 0 radical (unpaired) electrons. The molecule has 1 aliphatic rings. The minimum atomic E-state index is -0.250. The Bertz CT molecular complexity index is 203. The van der Waals surface area contributed by atoms with Crippen LogP contribution in [-0.2, 0) is 4.79 Å². The maximum atomic E-state index is 11.4. The first-order valence-corrected chi connectivity index (χ1v) is 4.26. The minimum absolute atomic E-state index is 0.0550. The first kappa shape index (κ1) is 9.03. The maximum absolute atomic E-state index is 11.4. The van der Waals surface area contributed by atoms with Crippen molar-refractivity contribution >= 4 is 11.9 Å². The summed E-state index contributed by atoms with van der Waals surface area (Å²) in [6.45, 7) is 4.76. The Labute approximate surface area is 71.9 Å². The molecule has 1 atom stereocenters. The van der Waals surface area contributed by atoms with Crippen molar-refractivity contribution in [2.75, 3.05) is 13.1 Å². The predicted molar refractivity (Wildman–Crippen MR) is 44.6 cm³/mol. The van der Waals surface area contributed by atoms with E-state index in [2.05, 4.69) is 5.32 Å². The van der Waals surface area contributed by atoms with E-state index in [1.165, 1.54) is 4.90 Å². The fourth-order valence-electron chi connectivity index (χ4n) is 1.22. The quantitative estimate of drug-likeness (QED) is 0.659. The van der Waals surface area contributed by atoms with Crippen LogP contribution in [0, 0.1) is 5.92 Å². The molecule has 12 heavy (non-hydrogen) atoms. The Balaban J connectivity index is 2.65. The number of nitrogens with zero attached hydrogens (tertiary/aromatic N) is 1. The summed E-state index contributed by atoms with van der Waals surface area (Å²) in [4.78, 5) is 23.8. The highest BCUT2D eigenvalue weighted by molar-refractivity contribution is 5.97. The van der Waals surface area contributed by atoms with E-state index in [-0.39, 0.29) is 17.9 Å². The molecule has 0 bridgehead atoms. The summed E-state index contributed by atoms with van der Waals surface area (Å²) in [6.07, 6.45) is 0.811. The Morgan fingerprint density at radius 2 is 2.25 bits per heavy atom. The summed E-state index contributed by atoms with van der Waals surface area (Å²) in [7, 11) is 0. The molecule has 1 fully saturated rings. The topological polar surface area (TPSA) is 49.4 Å². The number of carbonyl (C=O) groups is 2. The molecule has 1 rings (SSSR count). The van der Waals surface area contributed by atoms with Gasteiger partial charge in [-0.3, -0.25) is 9.69 Å². The third kappa shape index (κ3) is 1.57. The van der Waals surface area contributed by atoms with Crippen molar-refractivity contribution in [2.45, 2.75) is 20.3 Å². The monoisotopic (exact) mass is 170 g/mol. The summed E-state index contributed by atoms with van der Waals surface area (Å²) in [6, 6.07) is -0.250. The highest BCUT2D eigenvalue weighted by Crippen LogP contribution is 2.08. The van der Waals surface area contributed by atoms with E-state index in [1.54, 1.807) is 0 Å². The normalized spacial score (nSPS) is 24.2. The Kier molecular flexibility index (Phi) is 2.68. The highest BCUT2D eigenvalue weighted by atomic mass is 16.2. The van der Waals surface area contributed by atoms with Crippen LogP contribution in [0.3, 0.4) is 0 Å². The van der Waals surface area contributed by atoms with E-state index in [9.17, 15) is 9.59 Å². The number of hydrogen-bond acceptors (Lipinski definition) is 2. The van der Waals surface area contributed by atoms with Gasteiger partial charge in [0.25, 0.3) is 0 Å². The van der Waals surface area contributed by atoms with Crippen LogP contribution < -0.4 is 5.32 Å². The molecule has 3 amide bonds. The van der Waals surface area contributed by atoms with E-state index in [1.807, 2.05) is 13.8 Å².